The van der Waals surface area contributed by atoms with Gasteiger partial charge in [0.05, 0.1) is 11.4 Å². The molecule has 4 rings (SSSR count). The molecule has 0 aliphatic heterocycles. The number of hydrogen-bond acceptors (Lipinski definition) is 5. The minimum atomic E-state index is -0.267. The average molecular weight is 443 g/mol. The van der Waals surface area contributed by atoms with E-state index in [1.807, 2.05) is 59.4 Å². The van der Waals surface area contributed by atoms with Crippen molar-refractivity contribution in [2.45, 2.75) is 6.92 Å². The first-order valence-corrected chi connectivity index (χ1v) is 9.84. The molecule has 3 heterocycles. The summed E-state index contributed by atoms with van der Waals surface area (Å²) in [6.45, 7) is 1.80. The third kappa shape index (κ3) is 4.01. The smallest absolute Gasteiger partial charge is 0.264 e. The third-order valence-corrected chi connectivity index (χ3v) is 5.10. The molecule has 0 aliphatic rings. The number of aryl methyl sites for hydroxylation is 1. The van der Waals surface area contributed by atoms with E-state index in [-0.39, 0.29) is 12.5 Å². The molecule has 0 bridgehead atoms. The van der Waals surface area contributed by atoms with Gasteiger partial charge in [-0.3, -0.25) is 10.1 Å². The Morgan fingerprint density at radius 2 is 2.07 bits per heavy atom. The molecule has 1 aromatic carbocycles. The molecule has 0 aliphatic carbocycles. The molecular weight excluding hydrogens is 428 g/mol. The molecule has 0 fully saturated rings. The SMILES string of the molecule is Cc1cn2cccc(OCC(=O)Nc3nc(-c4ccc(Br)cc4)cs3)c2n1. The van der Waals surface area contributed by atoms with Crippen LogP contribution in [-0.4, -0.2) is 26.9 Å². The van der Waals surface area contributed by atoms with Gasteiger partial charge < -0.3 is 9.14 Å². The van der Waals surface area contributed by atoms with Crippen LogP contribution in [0.5, 0.6) is 5.75 Å². The summed E-state index contributed by atoms with van der Waals surface area (Å²) < 4.78 is 8.53. The number of imidazole rings is 1. The van der Waals surface area contributed by atoms with Crippen molar-refractivity contribution in [3.05, 3.63) is 64.3 Å². The van der Waals surface area contributed by atoms with Gasteiger partial charge in [0, 0.05) is 27.8 Å². The maximum atomic E-state index is 12.2. The van der Waals surface area contributed by atoms with E-state index in [9.17, 15) is 4.79 Å². The molecule has 1 N–H and O–H groups in total. The Bertz CT molecular complexity index is 1100. The van der Waals surface area contributed by atoms with Gasteiger partial charge in [0.2, 0.25) is 0 Å². The van der Waals surface area contributed by atoms with Crippen LogP contribution in [0.15, 0.2) is 58.6 Å². The minimum Gasteiger partial charge on any atom is -0.480 e. The van der Waals surface area contributed by atoms with Crippen molar-refractivity contribution < 1.29 is 9.53 Å². The zero-order chi connectivity index (χ0) is 18.8. The summed E-state index contributed by atoms with van der Waals surface area (Å²) in [5.41, 5.74) is 3.39. The summed E-state index contributed by atoms with van der Waals surface area (Å²) in [5, 5.41) is 5.22. The Kier molecular flexibility index (Phi) is 4.91. The van der Waals surface area contributed by atoms with Gasteiger partial charge in [-0.25, -0.2) is 9.97 Å². The van der Waals surface area contributed by atoms with Gasteiger partial charge in [0.25, 0.3) is 5.91 Å². The number of thiazole rings is 1. The number of hydrogen-bond donors (Lipinski definition) is 1. The van der Waals surface area contributed by atoms with Gasteiger partial charge in [-0.15, -0.1) is 11.3 Å². The van der Waals surface area contributed by atoms with Crippen LogP contribution in [0, 0.1) is 6.92 Å². The number of rotatable bonds is 5. The van der Waals surface area contributed by atoms with E-state index in [0.717, 1.165) is 21.4 Å². The number of amides is 1. The Balaban J connectivity index is 1.40. The van der Waals surface area contributed by atoms with Gasteiger partial charge in [0.1, 0.15) is 0 Å². The number of nitrogens with one attached hydrogen (secondary N) is 1. The lowest BCUT2D eigenvalue weighted by Crippen LogP contribution is -2.20. The number of carbonyl (C=O) groups excluding carboxylic acids is 1. The lowest BCUT2D eigenvalue weighted by Gasteiger charge is -2.06. The molecule has 1 amide bonds. The van der Waals surface area contributed by atoms with Crippen LogP contribution in [0.25, 0.3) is 16.9 Å². The number of aromatic nitrogens is 3. The number of pyridine rings is 1. The predicted molar refractivity (Wildman–Crippen MR) is 109 cm³/mol. The second-order valence-corrected chi connectivity index (χ2v) is 7.64. The van der Waals surface area contributed by atoms with Crippen LogP contribution in [0.3, 0.4) is 0 Å². The average Bonchev–Trinajstić information content (AvgIpc) is 3.26. The molecule has 0 radical (unpaired) electrons. The zero-order valence-corrected chi connectivity index (χ0v) is 16.8. The molecule has 0 atom stereocenters. The Hall–Kier alpha value is -2.71. The van der Waals surface area contributed by atoms with Crippen LogP contribution < -0.4 is 10.1 Å². The van der Waals surface area contributed by atoms with Crippen molar-refractivity contribution in [3.8, 4) is 17.0 Å². The number of fused-ring (bicyclic) bond motifs is 1. The first-order chi connectivity index (χ1) is 13.1. The van der Waals surface area contributed by atoms with Crippen LogP contribution in [0.1, 0.15) is 5.69 Å². The molecule has 136 valence electrons. The van der Waals surface area contributed by atoms with Gasteiger partial charge in [0.15, 0.2) is 23.1 Å². The van der Waals surface area contributed by atoms with E-state index < -0.39 is 0 Å². The number of halogens is 1. The Labute approximate surface area is 168 Å². The number of ether oxygens (including phenoxy) is 1. The molecular formula is C19H15BrN4O2S. The molecule has 0 saturated heterocycles. The fourth-order valence-corrected chi connectivity index (χ4v) is 3.61. The van der Waals surface area contributed by atoms with Crippen molar-refractivity contribution >= 4 is 44.0 Å². The van der Waals surface area contributed by atoms with E-state index >= 15 is 0 Å². The van der Waals surface area contributed by atoms with Gasteiger partial charge in [-0.05, 0) is 31.2 Å². The van der Waals surface area contributed by atoms with Gasteiger partial charge in [-0.1, -0.05) is 28.1 Å². The Morgan fingerprint density at radius 3 is 2.89 bits per heavy atom. The number of nitrogens with zero attached hydrogens (tertiary/aromatic N) is 3. The number of carbonyl (C=O) groups is 1. The summed E-state index contributed by atoms with van der Waals surface area (Å²) in [7, 11) is 0. The summed E-state index contributed by atoms with van der Waals surface area (Å²) >= 11 is 4.79. The topological polar surface area (TPSA) is 68.5 Å². The van der Waals surface area contributed by atoms with Gasteiger partial charge >= 0.3 is 0 Å². The molecule has 3 aromatic heterocycles. The second-order valence-electron chi connectivity index (χ2n) is 5.87. The van der Waals surface area contributed by atoms with Crippen LogP contribution >= 0.6 is 27.3 Å². The maximum absolute atomic E-state index is 12.2. The predicted octanol–water partition coefficient (Wildman–Crippen LogP) is 4.55. The monoisotopic (exact) mass is 442 g/mol. The number of anilines is 1. The standard InChI is InChI=1S/C19H15BrN4O2S/c1-12-9-24-8-2-3-16(18(24)21-12)26-10-17(25)23-19-22-15(11-27-19)13-4-6-14(20)7-5-13/h2-9,11H,10H2,1H3,(H,22,23,25). The summed E-state index contributed by atoms with van der Waals surface area (Å²) in [6.07, 6.45) is 3.79. The fourth-order valence-electron chi connectivity index (χ4n) is 2.61. The van der Waals surface area contributed by atoms with Crippen LogP contribution in [0.4, 0.5) is 5.13 Å². The van der Waals surface area contributed by atoms with E-state index in [1.165, 1.54) is 11.3 Å². The van der Waals surface area contributed by atoms with Crippen molar-refractivity contribution in [1.82, 2.24) is 14.4 Å². The van der Waals surface area contributed by atoms with Gasteiger partial charge in [-0.2, -0.15) is 0 Å². The molecule has 0 unspecified atom stereocenters. The minimum absolute atomic E-state index is 0.112. The van der Waals surface area contributed by atoms with E-state index in [0.29, 0.717) is 16.5 Å². The first-order valence-electron chi connectivity index (χ1n) is 8.17. The van der Waals surface area contributed by atoms with E-state index in [2.05, 4.69) is 31.2 Å². The fraction of sp³-hybridized carbons (Fsp3) is 0.105. The van der Waals surface area contributed by atoms with Crippen LogP contribution in [-0.2, 0) is 4.79 Å². The zero-order valence-electron chi connectivity index (χ0n) is 14.3. The van der Waals surface area contributed by atoms with Crippen molar-refractivity contribution in [3.63, 3.8) is 0 Å². The highest BCUT2D eigenvalue weighted by molar-refractivity contribution is 9.10. The number of benzene rings is 1. The summed E-state index contributed by atoms with van der Waals surface area (Å²) in [6, 6.07) is 11.5. The van der Waals surface area contributed by atoms with E-state index in [4.69, 9.17) is 4.74 Å². The highest BCUT2D eigenvalue weighted by Gasteiger charge is 2.11. The quantitative estimate of drug-likeness (QED) is 0.492. The lowest BCUT2D eigenvalue weighted by atomic mass is 10.2. The summed E-state index contributed by atoms with van der Waals surface area (Å²) in [4.78, 5) is 21.1. The molecule has 0 saturated carbocycles. The largest absolute Gasteiger partial charge is 0.480 e. The summed E-state index contributed by atoms with van der Waals surface area (Å²) in [5.74, 6) is 0.299. The first kappa shape index (κ1) is 17.7. The Morgan fingerprint density at radius 1 is 1.26 bits per heavy atom. The second kappa shape index (κ2) is 7.50. The highest BCUT2D eigenvalue weighted by atomic mass is 79.9. The molecule has 8 heteroatoms. The third-order valence-electron chi connectivity index (χ3n) is 3.82. The normalized spacial score (nSPS) is 10.9. The van der Waals surface area contributed by atoms with Crippen molar-refractivity contribution in [2.24, 2.45) is 0 Å². The van der Waals surface area contributed by atoms with Crippen LogP contribution in [0.2, 0.25) is 0 Å². The van der Waals surface area contributed by atoms with Crippen molar-refractivity contribution in [1.29, 1.82) is 0 Å². The molecule has 0 spiro atoms. The molecule has 27 heavy (non-hydrogen) atoms. The molecule has 6 nitrogen and oxygen atoms in total. The lowest BCUT2D eigenvalue weighted by molar-refractivity contribution is -0.118. The molecule has 4 aromatic rings. The maximum Gasteiger partial charge on any atom is 0.264 e. The van der Waals surface area contributed by atoms with E-state index in [1.54, 1.807) is 6.07 Å². The highest BCUT2D eigenvalue weighted by Crippen LogP contribution is 2.26. The van der Waals surface area contributed by atoms with Crippen molar-refractivity contribution in [2.75, 3.05) is 11.9 Å².